The van der Waals surface area contributed by atoms with Crippen molar-refractivity contribution in [2.24, 2.45) is 0 Å². The molecule has 0 spiro atoms. The number of methoxy groups -OCH3 is 1. The molecule has 170 valence electrons. The van der Waals surface area contributed by atoms with Crippen molar-refractivity contribution in [3.63, 3.8) is 0 Å². The number of amides is 2. The summed E-state index contributed by atoms with van der Waals surface area (Å²) < 4.78 is 4.51. The highest BCUT2D eigenvalue weighted by molar-refractivity contribution is 6.02. The number of esters is 1. The Kier molecular flexibility index (Phi) is 7.94. The van der Waals surface area contributed by atoms with E-state index in [1.54, 1.807) is 49.4 Å². The number of ether oxygens (including phenoxy) is 1. The van der Waals surface area contributed by atoms with Crippen molar-refractivity contribution in [3.05, 3.63) is 95.6 Å². The third-order valence-corrected chi connectivity index (χ3v) is 5.23. The Morgan fingerprint density at radius 3 is 2.09 bits per heavy atom. The maximum absolute atomic E-state index is 12.9. The number of aliphatic hydroxyl groups is 1. The van der Waals surface area contributed by atoms with E-state index in [1.807, 2.05) is 36.4 Å². The Bertz CT molecular complexity index is 1120. The molecule has 3 aromatic rings. The Morgan fingerprint density at radius 1 is 0.879 bits per heavy atom. The van der Waals surface area contributed by atoms with Crippen LogP contribution in [-0.4, -0.2) is 30.0 Å². The van der Waals surface area contributed by atoms with Gasteiger partial charge in [-0.15, -0.1) is 0 Å². The Hall–Kier alpha value is -3.97. The zero-order valence-corrected chi connectivity index (χ0v) is 18.4. The molecule has 2 atom stereocenters. The number of carbonyl (C=O) groups is 3. The average Bonchev–Trinajstić information content (AvgIpc) is 2.84. The van der Waals surface area contributed by atoms with E-state index < -0.39 is 30.3 Å². The van der Waals surface area contributed by atoms with E-state index in [0.717, 1.165) is 5.56 Å². The van der Waals surface area contributed by atoms with Crippen molar-refractivity contribution in [2.75, 3.05) is 17.7 Å². The number of rotatable bonds is 8. The first-order valence-electron chi connectivity index (χ1n) is 10.5. The van der Waals surface area contributed by atoms with E-state index in [9.17, 15) is 19.5 Å². The van der Waals surface area contributed by atoms with Crippen LogP contribution in [0, 0.1) is 0 Å². The smallest absolute Gasteiger partial charge is 0.315 e. The van der Waals surface area contributed by atoms with Crippen molar-refractivity contribution >= 4 is 29.2 Å². The highest BCUT2D eigenvalue weighted by Gasteiger charge is 2.21. The van der Waals surface area contributed by atoms with Gasteiger partial charge in [-0.3, -0.25) is 14.4 Å². The highest BCUT2D eigenvalue weighted by atomic mass is 16.5. The second-order valence-corrected chi connectivity index (χ2v) is 7.54. The monoisotopic (exact) mass is 446 g/mol. The molecule has 33 heavy (non-hydrogen) atoms. The van der Waals surface area contributed by atoms with Gasteiger partial charge in [0.05, 0.1) is 13.0 Å². The first-order valence-corrected chi connectivity index (χ1v) is 10.5. The van der Waals surface area contributed by atoms with Crippen LogP contribution < -0.4 is 10.6 Å². The van der Waals surface area contributed by atoms with E-state index in [1.165, 1.54) is 7.11 Å². The van der Waals surface area contributed by atoms with Gasteiger partial charge in [0.2, 0.25) is 11.8 Å². The quantitative estimate of drug-likeness (QED) is 0.358. The third-order valence-electron chi connectivity index (χ3n) is 5.23. The first-order chi connectivity index (χ1) is 15.9. The van der Waals surface area contributed by atoms with Gasteiger partial charge in [-0.2, -0.15) is 0 Å². The maximum atomic E-state index is 12.9. The third kappa shape index (κ3) is 6.27. The average molecular weight is 447 g/mol. The topological polar surface area (TPSA) is 105 Å². The van der Waals surface area contributed by atoms with Crippen LogP contribution in [0.1, 0.15) is 42.1 Å². The van der Waals surface area contributed by atoms with E-state index in [4.69, 9.17) is 0 Å². The van der Waals surface area contributed by atoms with Gasteiger partial charge in [0.25, 0.3) is 0 Å². The second-order valence-electron chi connectivity index (χ2n) is 7.54. The molecule has 2 unspecified atom stereocenters. The number of carbonyl (C=O) groups excluding carboxylic acids is 3. The fourth-order valence-electron chi connectivity index (χ4n) is 3.34. The van der Waals surface area contributed by atoms with Gasteiger partial charge < -0.3 is 20.5 Å². The summed E-state index contributed by atoms with van der Waals surface area (Å²) in [6.45, 7) is 1.80. The molecule has 0 aromatic heterocycles. The summed E-state index contributed by atoms with van der Waals surface area (Å²) in [5, 5.41) is 16.6. The zero-order chi connectivity index (χ0) is 23.8. The molecule has 0 heterocycles. The van der Waals surface area contributed by atoms with Crippen LogP contribution in [0.5, 0.6) is 0 Å². The molecular formula is C26H26N2O5. The van der Waals surface area contributed by atoms with Crippen molar-refractivity contribution in [3.8, 4) is 0 Å². The maximum Gasteiger partial charge on any atom is 0.315 e. The Labute approximate surface area is 192 Å². The SMILES string of the molecule is COC(=O)CC(=O)Nc1ccc(NC(=O)C(C)c2ccccc2)c(C(O)c2ccccc2)c1. The van der Waals surface area contributed by atoms with Crippen LogP contribution in [0.2, 0.25) is 0 Å². The van der Waals surface area contributed by atoms with Gasteiger partial charge in [-0.05, 0) is 36.2 Å². The van der Waals surface area contributed by atoms with Crippen LogP contribution >= 0.6 is 0 Å². The molecule has 0 fully saturated rings. The van der Waals surface area contributed by atoms with Gasteiger partial charge in [0, 0.05) is 16.9 Å². The molecule has 0 aliphatic heterocycles. The van der Waals surface area contributed by atoms with E-state index >= 15 is 0 Å². The van der Waals surface area contributed by atoms with Crippen LogP contribution in [0.25, 0.3) is 0 Å². The van der Waals surface area contributed by atoms with Crippen molar-refractivity contribution < 1.29 is 24.2 Å². The Morgan fingerprint density at radius 2 is 1.48 bits per heavy atom. The second kappa shape index (κ2) is 11.1. The number of nitrogens with one attached hydrogen (secondary N) is 2. The summed E-state index contributed by atoms with van der Waals surface area (Å²) in [5.41, 5.74) is 2.70. The lowest BCUT2D eigenvalue weighted by Crippen LogP contribution is -2.21. The van der Waals surface area contributed by atoms with Crippen LogP contribution in [0.15, 0.2) is 78.9 Å². The van der Waals surface area contributed by atoms with Gasteiger partial charge in [-0.25, -0.2) is 0 Å². The minimum atomic E-state index is -1.05. The number of hydrogen-bond acceptors (Lipinski definition) is 5. The number of benzene rings is 3. The summed E-state index contributed by atoms with van der Waals surface area (Å²) in [5.74, 6) is -1.84. The van der Waals surface area contributed by atoms with Gasteiger partial charge in [-0.1, -0.05) is 60.7 Å². The fraction of sp³-hybridized carbons (Fsp3) is 0.192. The van der Waals surface area contributed by atoms with Crippen molar-refractivity contribution in [1.29, 1.82) is 0 Å². The molecular weight excluding hydrogens is 420 g/mol. The fourth-order valence-corrected chi connectivity index (χ4v) is 3.34. The van der Waals surface area contributed by atoms with Gasteiger partial charge in [0.1, 0.15) is 12.5 Å². The summed E-state index contributed by atoms with van der Waals surface area (Å²) >= 11 is 0. The lowest BCUT2D eigenvalue weighted by Gasteiger charge is -2.20. The van der Waals surface area contributed by atoms with Crippen LogP contribution in [-0.2, 0) is 19.1 Å². The first kappa shape index (κ1) is 23.7. The molecule has 7 nitrogen and oxygen atoms in total. The molecule has 0 aliphatic carbocycles. The van der Waals surface area contributed by atoms with E-state index in [2.05, 4.69) is 15.4 Å². The van der Waals surface area contributed by atoms with Crippen LogP contribution in [0.3, 0.4) is 0 Å². The number of anilines is 2. The molecule has 2 amide bonds. The molecule has 3 aromatic carbocycles. The highest BCUT2D eigenvalue weighted by Crippen LogP contribution is 2.32. The summed E-state index contributed by atoms with van der Waals surface area (Å²) in [6.07, 6.45) is -1.48. The Balaban J connectivity index is 1.89. The summed E-state index contributed by atoms with van der Waals surface area (Å²) in [4.78, 5) is 36.4. The van der Waals surface area contributed by atoms with Crippen LogP contribution in [0.4, 0.5) is 11.4 Å². The zero-order valence-electron chi connectivity index (χ0n) is 18.4. The minimum absolute atomic E-state index is 0.231. The lowest BCUT2D eigenvalue weighted by atomic mass is 9.97. The molecule has 0 aliphatic rings. The standard InChI is InChI=1S/C26H26N2O5/c1-17(18-9-5-3-6-10-18)26(32)28-22-14-13-20(27-23(29)16-24(30)33-2)15-21(22)25(31)19-11-7-4-8-12-19/h3-15,17,25,31H,16H2,1-2H3,(H,27,29)(H,28,32). The van der Waals surface area contributed by atoms with Crippen molar-refractivity contribution in [2.45, 2.75) is 25.4 Å². The normalized spacial score (nSPS) is 12.3. The molecule has 3 rings (SSSR count). The molecule has 0 saturated carbocycles. The predicted octanol–water partition coefficient (Wildman–Crippen LogP) is 4.01. The largest absolute Gasteiger partial charge is 0.469 e. The minimum Gasteiger partial charge on any atom is -0.469 e. The molecule has 7 heteroatoms. The molecule has 3 N–H and O–H groups in total. The molecule has 0 radical (unpaired) electrons. The lowest BCUT2D eigenvalue weighted by molar-refractivity contribution is -0.142. The molecule has 0 bridgehead atoms. The van der Waals surface area contributed by atoms with Gasteiger partial charge >= 0.3 is 5.97 Å². The molecule has 0 saturated heterocycles. The van der Waals surface area contributed by atoms with Gasteiger partial charge in [0.15, 0.2) is 0 Å². The summed E-state index contributed by atoms with van der Waals surface area (Å²) in [6, 6.07) is 23.2. The van der Waals surface area contributed by atoms with E-state index in [0.29, 0.717) is 22.5 Å². The summed E-state index contributed by atoms with van der Waals surface area (Å²) in [7, 11) is 1.21. The number of aliphatic hydroxyl groups excluding tert-OH is 1. The van der Waals surface area contributed by atoms with Crippen molar-refractivity contribution in [1.82, 2.24) is 0 Å². The van der Waals surface area contributed by atoms with E-state index in [-0.39, 0.29) is 5.91 Å². The predicted molar refractivity (Wildman–Crippen MR) is 126 cm³/mol. The number of hydrogen-bond donors (Lipinski definition) is 3.